The summed E-state index contributed by atoms with van der Waals surface area (Å²) in [5.74, 6) is 0.393. The number of hydrogen-bond donors (Lipinski definition) is 1. The molecule has 1 aromatic carbocycles. The van der Waals surface area contributed by atoms with Crippen molar-refractivity contribution in [3.8, 4) is 0 Å². The predicted molar refractivity (Wildman–Crippen MR) is 78.0 cm³/mol. The molecule has 2 aromatic rings. The normalized spacial score (nSPS) is 23.9. The van der Waals surface area contributed by atoms with Gasteiger partial charge >= 0.3 is 0 Å². The maximum Gasteiger partial charge on any atom is 0.123 e. The molecule has 1 aliphatic rings. The Bertz CT molecular complexity index is 531. The fraction of sp³-hybridized carbons (Fsp3) is 0.375. The van der Waals surface area contributed by atoms with Crippen LogP contribution in [0, 0.1) is 5.82 Å². The highest BCUT2D eigenvalue weighted by Gasteiger charge is 2.31. The minimum atomic E-state index is -0.124. The highest BCUT2D eigenvalue weighted by Crippen LogP contribution is 2.38. The molecule has 1 aromatic heterocycles. The van der Waals surface area contributed by atoms with Gasteiger partial charge in [-0.25, -0.2) is 4.39 Å². The number of rotatable bonds is 4. The summed E-state index contributed by atoms with van der Waals surface area (Å²) in [7, 11) is 0. The van der Waals surface area contributed by atoms with Crippen LogP contribution in [0.2, 0.25) is 0 Å². The molecule has 3 heteroatoms. The number of halogens is 1. The van der Waals surface area contributed by atoms with E-state index in [0.717, 1.165) is 18.4 Å². The van der Waals surface area contributed by atoms with Gasteiger partial charge in [0, 0.05) is 17.0 Å². The van der Waals surface area contributed by atoms with Crippen molar-refractivity contribution in [3.63, 3.8) is 0 Å². The van der Waals surface area contributed by atoms with E-state index in [1.807, 2.05) is 6.07 Å². The fourth-order valence-electron chi connectivity index (χ4n) is 2.76. The molecule has 1 heterocycles. The van der Waals surface area contributed by atoms with Gasteiger partial charge in [-0.3, -0.25) is 0 Å². The van der Waals surface area contributed by atoms with Gasteiger partial charge in [-0.1, -0.05) is 18.2 Å². The van der Waals surface area contributed by atoms with Gasteiger partial charge in [0.25, 0.3) is 0 Å². The Labute approximate surface area is 117 Å². The van der Waals surface area contributed by atoms with E-state index < -0.39 is 0 Å². The standard InChI is InChI=1S/C16H18FNS/c1-11(16-6-3-7-19-16)18-15-9-13(10-15)12-4-2-5-14(17)8-12/h2-8,11,13,15,18H,9-10H2,1H3/t11-,13?,15?/m0/s1. The molecule has 0 unspecified atom stereocenters. The highest BCUT2D eigenvalue weighted by molar-refractivity contribution is 7.10. The van der Waals surface area contributed by atoms with Crippen LogP contribution in [0.15, 0.2) is 41.8 Å². The lowest BCUT2D eigenvalue weighted by molar-refractivity contribution is 0.271. The molecular formula is C16H18FNS. The lowest BCUT2D eigenvalue weighted by atomic mass is 9.75. The lowest BCUT2D eigenvalue weighted by Crippen LogP contribution is -2.41. The smallest absolute Gasteiger partial charge is 0.123 e. The molecule has 100 valence electrons. The van der Waals surface area contributed by atoms with Crippen molar-refractivity contribution in [2.24, 2.45) is 0 Å². The maximum atomic E-state index is 13.2. The largest absolute Gasteiger partial charge is 0.307 e. The van der Waals surface area contributed by atoms with Gasteiger partial charge in [0.05, 0.1) is 0 Å². The first-order valence-corrected chi connectivity index (χ1v) is 7.65. The Morgan fingerprint density at radius 3 is 2.79 bits per heavy atom. The average Bonchev–Trinajstić information content (AvgIpc) is 2.86. The summed E-state index contributed by atoms with van der Waals surface area (Å²) < 4.78 is 13.2. The van der Waals surface area contributed by atoms with Gasteiger partial charge in [0.15, 0.2) is 0 Å². The molecule has 0 amide bonds. The summed E-state index contributed by atoms with van der Waals surface area (Å²) in [6.45, 7) is 2.21. The van der Waals surface area contributed by atoms with Crippen molar-refractivity contribution in [2.75, 3.05) is 0 Å². The summed E-state index contributed by atoms with van der Waals surface area (Å²) in [6.07, 6.45) is 2.22. The van der Waals surface area contributed by atoms with Crippen LogP contribution in [-0.4, -0.2) is 6.04 Å². The van der Waals surface area contributed by atoms with Crippen molar-refractivity contribution in [1.82, 2.24) is 5.32 Å². The minimum absolute atomic E-state index is 0.124. The van der Waals surface area contributed by atoms with E-state index in [2.05, 4.69) is 29.8 Å². The summed E-state index contributed by atoms with van der Waals surface area (Å²) >= 11 is 1.79. The Kier molecular flexibility index (Phi) is 3.67. The second-order valence-electron chi connectivity index (χ2n) is 5.32. The summed E-state index contributed by atoms with van der Waals surface area (Å²) in [6, 6.07) is 12.3. The van der Waals surface area contributed by atoms with Gasteiger partial charge in [-0.2, -0.15) is 0 Å². The molecule has 1 nitrogen and oxygen atoms in total. The molecule has 0 aliphatic heterocycles. The molecule has 0 spiro atoms. The number of benzene rings is 1. The van der Waals surface area contributed by atoms with Crippen LogP contribution in [0.3, 0.4) is 0 Å². The van der Waals surface area contributed by atoms with E-state index in [0.29, 0.717) is 18.0 Å². The van der Waals surface area contributed by atoms with Crippen LogP contribution >= 0.6 is 11.3 Å². The second-order valence-corrected chi connectivity index (χ2v) is 6.30. The van der Waals surface area contributed by atoms with Gasteiger partial charge in [0.1, 0.15) is 5.82 Å². The molecule has 19 heavy (non-hydrogen) atoms. The van der Waals surface area contributed by atoms with Crippen molar-refractivity contribution in [1.29, 1.82) is 0 Å². The van der Waals surface area contributed by atoms with E-state index in [9.17, 15) is 4.39 Å². The SMILES string of the molecule is C[C@H](NC1CC(c2cccc(F)c2)C1)c1cccs1. The van der Waals surface area contributed by atoms with E-state index >= 15 is 0 Å². The van der Waals surface area contributed by atoms with E-state index in [1.165, 1.54) is 10.9 Å². The molecular weight excluding hydrogens is 257 g/mol. The van der Waals surface area contributed by atoms with Crippen LogP contribution in [-0.2, 0) is 0 Å². The van der Waals surface area contributed by atoms with E-state index in [-0.39, 0.29) is 5.82 Å². The highest BCUT2D eigenvalue weighted by atomic mass is 32.1. The van der Waals surface area contributed by atoms with Crippen LogP contribution in [0.4, 0.5) is 4.39 Å². The minimum Gasteiger partial charge on any atom is -0.307 e. The molecule has 1 aliphatic carbocycles. The Balaban J connectivity index is 1.53. The number of thiophene rings is 1. The molecule has 1 saturated carbocycles. The third-order valence-corrected chi connectivity index (χ3v) is 4.97. The van der Waals surface area contributed by atoms with Gasteiger partial charge in [-0.05, 0) is 54.8 Å². The zero-order chi connectivity index (χ0) is 13.2. The lowest BCUT2D eigenvalue weighted by Gasteiger charge is -2.38. The molecule has 0 saturated heterocycles. The molecule has 1 atom stereocenters. The first kappa shape index (κ1) is 12.8. The van der Waals surface area contributed by atoms with Crippen molar-refractivity contribution in [2.45, 2.75) is 37.8 Å². The third kappa shape index (κ3) is 2.88. The van der Waals surface area contributed by atoms with Crippen molar-refractivity contribution >= 4 is 11.3 Å². The van der Waals surface area contributed by atoms with Gasteiger partial charge in [-0.15, -0.1) is 11.3 Å². The third-order valence-electron chi connectivity index (χ3n) is 3.91. The van der Waals surface area contributed by atoms with Crippen LogP contribution < -0.4 is 5.32 Å². The second kappa shape index (κ2) is 5.43. The maximum absolute atomic E-state index is 13.2. The van der Waals surface area contributed by atoms with E-state index in [1.54, 1.807) is 23.5 Å². The Morgan fingerprint density at radius 2 is 2.11 bits per heavy atom. The summed E-state index contributed by atoms with van der Waals surface area (Å²) in [5.41, 5.74) is 1.14. The number of hydrogen-bond acceptors (Lipinski definition) is 2. The first-order valence-electron chi connectivity index (χ1n) is 6.77. The molecule has 1 fully saturated rings. The summed E-state index contributed by atoms with van der Waals surface area (Å²) in [5, 5.41) is 5.76. The summed E-state index contributed by atoms with van der Waals surface area (Å²) in [4.78, 5) is 1.38. The van der Waals surface area contributed by atoms with E-state index in [4.69, 9.17) is 0 Å². The zero-order valence-corrected chi connectivity index (χ0v) is 11.8. The predicted octanol–water partition coefficient (Wildman–Crippen LogP) is 4.48. The molecule has 0 bridgehead atoms. The average molecular weight is 275 g/mol. The van der Waals surface area contributed by atoms with Crippen LogP contribution in [0.25, 0.3) is 0 Å². The van der Waals surface area contributed by atoms with Crippen molar-refractivity contribution < 1.29 is 4.39 Å². The monoisotopic (exact) mass is 275 g/mol. The topological polar surface area (TPSA) is 12.0 Å². The Hall–Kier alpha value is -1.19. The fourth-order valence-corrected chi connectivity index (χ4v) is 3.50. The van der Waals surface area contributed by atoms with Gasteiger partial charge in [0.2, 0.25) is 0 Å². The molecule has 3 rings (SSSR count). The number of nitrogens with one attached hydrogen (secondary N) is 1. The zero-order valence-electron chi connectivity index (χ0n) is 11.0. The van der Waals surface area contributed by atoms with Crippen LogP contribution in [0.1, 0.15) is 42.2 Å². The molecule has 0 radical (unpaired) electrons. The quantitative estimate of drug-likeness (QED) is 0.867. The van der Waals surface area contributed by atoms with Crippen molar-refractivity contribution in [3.05, 3.63) is 58.0 Å². The van der Waals surface area contributed by atoms with Gasteiger partial charge < -0.3 is 5.32 Å². The molecule has 1 N–H and O–H groups in total. The Morgan fingerprint density at radius 1 is 1.26 bits per heavy atom. The van der Waals surface area contributed by atoms with Crippen LogP contribution in [0.5, 0.6) is 0 Å². The first-order chi connectivity index (χ1) is 9.22.